The van der Waals surface area contributed by atoms with Gasteiger partial charge in [-0.05, 0) is 60.2 Å². The number of piperidine rings is 1. The Labute approximate surface area is 221 Å². The van der Waals surface area contributed by atoms with E-state index in [9.17, 15) is 4.79 Å². The highest BCUT2D eigenvalue weighted by atomic mass is 32.2. The summed E-state index contributed by atoms with van der Waals surface area (Å²) in [5.41, 5.74) is 5.35. The molecule has 2 heterocycles. The van der Waals surface area contributed by atoms with Crippen LogP contribution in [-0.2, 0) is 16.8 Å². The van der Waals surface area contributed by atoms with Crippen molar-refractivity contribution in [3.8, 4) is 0 Å². The SMILES string of the molecule is C=C1C=CC(C2(c3cccc(CC4CCCCCC4)n3)CC(=C)C(Sc3ccccc3C)C(=O)N2)=C1.[HH]. The molecule has 2 atom stereocenters. The first-order chi connectivity index (χ1) is 17.4. The first kappa shape index (κ1) is 24.8. The van der Waals surface area contributed by atoms with Crippen LogP contribution in [0.15, 0.2) is 95.5 Å². The number of allylic oxidation sites excluding steroid dienone is 3. The van der Waals surface area contributed by atoms with Crippen LogP contribution in [0.3, 0.4) is 0 Å². The lowest BCUT2D eigenvalue weighted by Crippen LogP contribution is -2.55. The summed E-state index contributed by atoms with van der Waals surface area (Å²) in [5.74, 6) is 0.685. The van der Waals surface area contributed by atoms with Crippen LogP contribution in [0.4, 0.5) is 0 Å². The number of rotatable bonds is 6. The summed E-state index contributed by atoms with van der Waals surface area (Å²) in [6.07, 6.45) is 15.7. The van der Waals surface area contributed by atoms with E-state index in [1.165, 1.54) is 44.1 Å². The molecule has 5 rings (SSSR count). The zero-order chi connectivity index (χ0) is 25.1. The van der Waals surface area contributed by atoms with E-state index < -0.39 is 5.54 Å². The van der Waals surface area contributed by atoms with Crippen LogP contribution in [-0.4, -0.2) is 16.1 Å². The number of pyridine rings is 1. The van der Waals surface area contributed by atoms with Gasteiger partial charge in [0.25, 0.3) is 0 Å². The van der Waals surface area contributed by atoms with Crippen molar-refractivity contribution in [2.75, 3.05) is 0 Å². The van der Waals surface area contributed by atoms with Crippen LogP contribution in [0.1, 0.15) is 63.3 Å². The topological polar surface area (TPSA) is 42.0 Å². The summed E-state index contributed by atoms with van der Waals surface area (Å²) in [4.78, 5) is 20.0. The van der Waals surface area contributed by atoms with Gasteiger partial charge >= 0.3 is 0 Å². The number of hydrogen-bond acceptors (Lipinski definition) is 3. The molecule has 2 unspecified atom stereocenters. The average molecular weight is 499 g/mol. The minimum atomic E-state index is -0.730. The summed E-state index contributed by atoms with van der Waals surface area (Å²) < 4.78 is 0. The van der Waals surface area contributed by atoms with Crippen molar-refractivity contribution >= 4 is 17.7 Å². The molecular weight excluding hydrogens is 460 g/mol. The van der Waals surface area contributed by atoms with Gasteiger partial charge < -0.3 is 5.32 Å². The minimum absolute atomic E-state index is 0. The maximum atomic E-state index is 13.7. The Bertz CT molecular complexity index is 1220. The maximum Gasteiger partial charge on any atom is 0.238 e. The van der Waals surface area contributed by atoms with Gasteiger partial charge in [0.2, 0.25) is 5.91 Å². The van der Waals surface area contributed by atoms with Gasteiger partial charge in [0.15, 0.2) is 0 Å². The van der Waals surface area contributed by atoms with E-state index in [1.54, 1.807) is 11.8 Å². The number of aryl methyl sites for hydroxylation is 1. The molecule has 1 saturated heterocycles. The normalized spacial score (nSPS) is 25.0. The smallest absolute Gasteiger partial charge is 0.238 e. The Kier molecular flexibility index (Phi) is 7.34. The fourth-order valence-electron chi connectivity index (χ4n) is 5.82. The van der Waals surface area contributed by atoms with Gasteiger partial charge in [-0.2, -0.15) is 0 Å². The van der Waals surface area contributed by atoms with E-state index in [0.717, 1.165) is 39.4 Å². The van der Waals surface area contributed by atoms with Crippen LogP contribution in [0.25, 0.3) is 0 Å². The molecule has 2 aromatic rings. The predicted molar refractivity (Wildman–Crippen MR) is 152 cm³/mol. The Balaban J connectivity index is 0.00000320. The molecule has 0 radical (unpaired) electrons. The highest BCUT2D eigenvalue weighted by molar-refractivity contribution is 8.00. The molecule has 1 amide bonds. The quantitative estimate of drug-likeness (QED) is 0.329. The summed E-state index contributed by atoms with van der Waals surface area (Å²) in [5, 5.41) is 3.10. The maximum absolute atomic E-state index is 13.7. The van der Waals surface area contributed by atoms with Crippen molar-refractivity contribution in [3.63, 3.8) is 0 Å². The fourth-order valence-corrected chi connectivity index (χ4v) is 6.90. The van der Waals surface area contributed by atoms with Crippen molar-refractivity contribution in [1.82, 2.24) is 10.3 Å². The number of nitrogens with one attached hydrogen (secondary N) is 1. The monoisotopic (exact) mass is 498 g/mol. The Morgan fingerprint density at radius 1 is 1.06 bits per heavy atom. The average Bonchev–Trinajstić information content (AvgIpc) is 3.15. The molecule has 3 aliphatic rings. The number of benzene rings is 1. The van der Waals surface area contributed by atoms with Crippen molar-refractivity contribution in [1.29, 1.82) is 0 Å². The molecule has 1 aromatic heterocycles. The van der Waals surface area contributed by atoms with E-state index in [4.69, 9.17) is 4.98 Å². The molecule has 0 bridgehead atoms. The van der Waals surface area contributed by atoms with Crippen LogP contribution in [0, 0.1) is 12.8 Å². The molecule has 188 valence electrons. The highest BCUT2D eigenvalue weighted by Gasteiger charge is 2.46. The number of carbonyl (C=O) groups excluding carboxylic acids is 1. The molecule has 1 aliphatic heterocycles. The molecular formula is C32H38N2OS. The van der Waals surface area contributed by atoms with E-state index >= 15 is 0 Å². The number of amides is 1. The van der Waals surface area contributed by atoms with E-state index in [-0.39, 0.29) is 12.6 Å². The molecule has 1 saturated carbocycles. The zero-order valence-electron chi connectivity index (χ0n) is 21.3. The minimum Gasteiger partial charge on any atom is -0.339 e. The molecule has 3 nitrogen and oxygen atoms in total. The van der Waals surface area contributed by atoms with Crippen LogP contribution in [0.5, 0.6) is 0 Å². The third kappa shape index (κ3) is 5.15. The van der Waals surface area contributed by atoms with Crippen molar-refractivity contribution in [2.45, 2.75) is 74.0 Å². The van der Waals surface area contributed by atoms with Crippen LogP contribution >= 0.6 is 11.8 Å². The first-order valence-electron chi connectivity index (χ1n) is 13.2. The Hall–Kier alpha value is -2.85. The third-order valence-electron chi connectivity index (χ3n) is 7.80. The zero-order valence-corrected chi connectivity index (χ0v) is 22.1. The van der Waals surface area contributed by atoms with Gasteiger partial charge in [-0.3, -0.25) is 9.78 Å². The van der Waals surface area contributed by atoms with Gasteiger partial charge in [-0.1, -0.05) is 93.7 Å². The second-order valence-electron chi connectivity index (χ2n) is 10.6. The number of hydrogen-bond donors (Lipinski definition) is 1. The third-order valence-corrected chi connectivity index (χ3v) is 9.30. The number of nitrogens with zero attached hydrogens (tertiary/aromatic N) is 1. The van der Waals surface area contributed by atoms with Crippen molar-refractivity contribution in [3.05, 3.63) is 108 Å². The molecule has 1 N–H and O–H groups in total. The number of aromatic nitrogens is 1. The Morgan fingerprint density at radius 3 is 2.53 bits per heavy atom. The van der Waals surface area contributed by atoms with E-state index in [2.05, 4.69) is 67.9 Å². The van der Waals surface area contributed by atoms with Gasteiger partial charge in [0.05, 0.1) is 5.69 Å². The standard InChI is InChI=1S/C32H36N2OS.H2/c1-22-17-18-26(19-22)32(29-16-10-14-27(33-29)20-25-12-6-4-5-7-13-25)21-24(3)30(31(35)34-32)36-28-15-9-8-11-23(28)2;/h8-11,14-19,25,30H,1,3-7,12-13,20-21H2,2H3,(H,34,35);1H. The summed E-state index contributed by atoms with van der Waals surface area (Å²) in [6.45, 7) is 10.6. The highest BCUT2D eigenvalue weighted by Crippen LogP contribution is 2.45. The van der Waals surface area contributed by atoms with Crippen molar-refractivity contribution < 1.29 is 6.22 Å². The fraction of sp³-hybridized carbons (Fsp3) is 0.375. The second-order valence-corrected chi connectivity index (χ2v) is 11.7. The molecule has 36 heavy (non-hydrogen) atoms. The van der Waals surface area contributed by atoms with E-state index in [0.29, 0.717) is 12.3 Å². The number of thioether (sulfide) groups is 1. The summed E-state index contributed by atoms with van der Waals surface area (Å²) in [7, 11) is 0. The largest absolute Gasteiger partial charge is 0.339 e. The summed E-state index contributed by atoms with van der Waals surface area (Å²) >= 11 is 1.59. The van der Waals surface area contributed by atoms with Gasteiger partial charge in [-0.25, -0.2) is 0 Å². The van der Waals surface area contributed by atoms with Crippen LogP contribution < -0.4 is 5.32 Å². The van der Waals surface area contributed by atoms with Gasteiger partial charge in [-0.15, -0.1) is 11.8 Å². The molecule has 2 fully saturated rings. The van der Waals surface area contributed by atoms with Gasteiger partial charge in [0, 0.05) is 18.4 Å². The molecule has 1 aromatic carbocycles. The number of carbonyl (C=O) groups is 1. The first-order valence-corrected chi connectivity index (χ1v) is 14.1. The molecule has 2 aliphatic carbocycles. The lowest BCUT2D eigenvalue weighted by atomic mass is 9.77. The molecule has 4 heteroatoms. The van der Waals surface area contributed by atoms with Gasteiger partial charge in [0.1, 0.15) is 10.8 Å². The predicted octanol–water partition coefficient (Wildman–Crippen LogP) is 7.63. The van der Waals surface area contributed by atoms with E-state index in [1.807, 2.05) is 18.2 Å². The second kappa shape index (κ2) is 10.6. The Morgan fingerprint density at radius 2 is 1.83 bits per heavy atom. The summed E-state index contributed by atoms with van der Waals surface area (Å²) in [6, 6.07) is 14.5. The molecule has 0 spiro atoms. The van der Waals surface area contributed by atoms with Crippen LogP contribution in [0.2, 0.25) is 0 Å². The lowest BCUT2D eigenvalue weighted by molar-refractivity contribution is -0.122. The lowest BCUT2D eigenvalue weighted by Gasteiger charge is -2.42. The van der Waals surface area contributed by atoms with Crippen molar-refractivity contribution in [2.24, 2.45) is 5.92 Å².